The standard InChI is InChI=1S/C22H30N4O2/c27-21(15-20-7-11-23-24-20)26-12-4-10-22(28,17-26)16-25-13-8-19(9-14-25)18-5-2-1-3-6-18/h1-3,5-7,11,19,28H,4,8-10,12-17H2,(H,23,24). The van der Waals surface area contributed by atoms with E-state index in [2.05, 4.69) is 45.4 Å². The first-order valence-electron chi connectivity index (χ1n) is 10.4. The van der Waals surface area contributed by atoms with E-state index in [4.69, 9.17) is 0 Å². The molecule has 6 nitrogen and oxygen atoms in total. The average molecular weight is 383 g/mol. The Kier molecular flexibility index (Phi) is 5.78. The summed E-state index contributed by atoms with van der Waals surface area (Å²) in [5.74, 6) is 0.677. The van der Waals surface area contributed by atoms with E-state index in [1.807, 2.05) is 11.0 Å². The van der Waals surface area contributed by atoms with Crippen molar-refractivity contribution < 1.29 is 9.90 Å². The number of β-amino-alcohol motifs (C(OH)–C–C–N with tert-alkyl or cyclic N) is 1. The van der Waals surface area contributed by atoms with Gasteiger partial charge in [-0.15, -0.1) is 0 Å². The molecule has 0 aliphatic carbocycles. The summed E-state index contributed by atoms with van der Waals surface area (Å²) in [7, 11) is 0. The number of carbonyl (C=O) groups excluding carboxylic acids is 1. The molecule has 1 aromatic heterocycles. The number of nitrogens with one attached hydrogen (secondary N) is 1. The van der Waals surface area contributed by atoms with Gasteiger partial charge in [0.1, 0.15) is 0 Å². The van der Waals surface area contributed by atoms with Crippen LogP contribution in [0.4, 0.5) is 0 Å². The quantitative estimate of drug-likeness (QED) is 0.831. The van der Waals surface area contributed by atoms with Crippen molar-refractivity contribution in [1.29, 1.82) is 0 Å². The van der Waals surface area contributed by atoms with Crippen molar-refractivity contribution in [2.45, 2.75) is 43.6 Å². The van der Waals surface area contributed by atoms with Crippen LogP contribution in [0.2, 0.25) is 0 Å². The minimum absolute atomic E-state index is 0.0603. The van der Waals surface area contributed by atoms with Crippen LogP contribution < -0.4 is 0 Å². The molecule has 2 aliphatic rings. The molecular formula is C22H30N4O2. The number of H-pyrrole nitrogens is 1. The number of rotatable bonds is 5. The van der Waals surface area contributed by atoms with E-state index in [0.717, 1.165) is 51.0 Å². The van der Waals surface area contributed by atoms with Crippen LogP contribution in [0.25, 0.3) is 0 Å². The molecule has 2 aromatic rings. The lowest BCUT2D eigenvalue weighted by Crippen LogP contribution is -2.56. The van der Waals surface area contributed by atoms with Gasteiger partial charge in [-0.25, -0.2) is 0 Å². The molecule has 2 N–H and O–H groups in total. The zero-order chi connectivity index (χ0) is 19.4. The number of carbonyl (C=O) groups is 1. The van der Waals surface area contributed by atoms with Crippen LogP contribution in [-0.4, -0.2) is 69.3 Å². The second kappa shape index (κ2) is 8.45. The minimum Gasteiger partial charge on any atom is -0.387 e. The Hall–Kier alpha value is -2.18. The summed E-state index contributed by atoms with van der Waals surface area (Å²) >= 11 is 0. The summed E-state index contributed by atoms with van der Waals surface area (Å²) in [6.07, 6.45) is 5.85. The zero-order valence-electron chi connectivity index (χ0n) is 16.4. The summed E-state index contributed by atoms with van der Waals surface area (Å²) in [5.41, 5.74) is 1.44. The van der Waals surface area contributed by atoms with E-state index >= 15 is 0 Å². The van der Waals surface area contributed by atoms with Gasteiger partial charge in [0.25, 0.3) is 0 Å². The molecule has 150 valence electrons. The Labute approximate surface area is 166 Å². The number of hydrogen-bond donors (Lipinski definition) is 2. The fraction of sp³-hybridized carbons (Fsp3) is 0.545. The summed E-state index contributed by atoms with van der Waals surface area (Å²) in [6.45, 7) is 3.82. The topological polar surface area (TPSA) is 72.5 Å². The Morgan fingerprint density at radius 3 is 2.68 bits per heavy atom. The Balaban J connectivity index is 1.29. The Bertz CT molecular complexity index is 756. The maximum Gasteiger partial charge on any atom is 0.228 e. The lowest BCUT2D eigenvalue weighted by Gasteiger charge is -2.43. The number of nitrogens with zero attached hydrogens (tertiary/aromatic N) is 3. The normalized spacial score (nSPS) is 24.4. The van der Waals surface area contributed by atoms with Gasteiger partial charge < -0.3 is 14.9 Å². The van der Waals surface area contributed by atoms with E-state index in [0.29, 0.717) is 25.4 Å². The van der Waals surface area contributed by atoms with Crippen molar-refractivity contribution in [2.75, 3.05) is 32.7 Å². The molecule has 6 heteroatoms. The van der Waals surface area contributed by atoms with Crippen LogP contribution in [-0.2, 0) is 11.2 Å². The monoisotopic (exact) mass is 382 g/mol. The fourth-order valence-electron chi connectivity index (χ4n) is 4.68. The first kappa shape index (κ1) is 19.2. The minimum atomic E-state index is -0.804. The van der Waals surface area contributed by atoms with Crippen LogP contribution in [0.5, 0.6) is 0 Å². The SMILES string of the molecule is O=C(Cc1ccn[nH]1)N1CCCC(O)(CN2CCC(c3ccccc3)CC2)C1. The van der Waals surface area contributed by atoms with Crippen LogP contribution in [0, 0.1) is 0 Å². The smallest absolute Gasteiger partial charge is 0.228 e. The van der Waals surface area contributed by atoms with E-state index in [1.54, 1.807) is 6.20 Å². The zero-order valence-corrected chi connectivity index (χ0v) is 16.4. The highest BCUT2D eigenvalue weighted by Crippen LogP contribution is 2.30. The number of likely N-dealkylation sites (tertiary alicyclic amines) is 2. The molecule has 2 aliphatic heterocycles. The van der Waals surface area contributed by atoms with Gasteiger partial charge >= 0.3 is 0 Å². The fourth-order valence-corrected chi connectivity index (χ4v) is 4.68. The van der Waals surface area contributed by atoms with Crippen molar-refractivity contribution in [1.82, 2.24) is 20.0 Å². The second-order valence-corrected chi connectivity index (χ2v) is 8.36. The van der Waals surface area contributed by atoms with Crippen LogP contribution in [0.15, 0.2) is 42.6 Å². The van der Waals surface area contributed by atoms with Crippen molar-refractivity contribution in [3.05, 3.63) is 53.9 Å². The number of hydrogen-bond acceptors (Lipinski definition) is 4. The largest absolute Gasteiger partial charge is 0.387 e. The third-order valence-electron chi connectivity index (χ3n) is 6.18. The molecule has 1 amide bonds. The highest BCUT2D eigenvalue weighted by atomic mass is 16.3. The van der Waals surface area contributed by atoms with Crippen LogP contribution in [0.3, 0.4) is 0 Å². The van der Waals surface area contributed by atoms with Crippen molar-refractivity contribution in [3.63, 3.8) is 0 Å². The molecule has 2 saturated heterocycles. The third-order valence-corrected chi connectivity index (χ3v) is 6.18. The van der Waals surface area contributed by atoms with Crippen molar-refractivity contribution in [3.8, 4) is 0 Å². The van der Waals surface area contributed by atoms with Gasteiger partial charge in [-0.05, 0) is 56.3 Å². The molecular weight excluding hydrogens is 352 g/mol. The molecule has 1 atom stereocenters. The Morgan fingerprint density at radius 2 is 1.96 bits per heavy atom. The van der Waals surface area contributed by atoms with Gasteiger partial charge in [0.05, 0.1) is 18.6 Å². The van der Waals surface area contributed by atoms with Crippen LogP contribution >= 0.6 is 0 Å². The van der Waals surface area contributed by atoms with E-state index in [1.165, 1.54) is 5.56 Å². The number of benzene rings is 1. The number of aliphatic hydroxyl groups is 1. The van der Waals surface area contributed by atoms with Gasteiger partial charge in [0.2, 0.25) is 5.91 Å². The Morgan fingerprint density at radius 1 is 1.18 bits per heavy atom. The summed E-state index contributed by atoms with van der Waals surface area (Å²) in [6, 6.07) is 12.6. The molecule has 4 rings (SSSR count). The first-order chi connectivity index (χ1) is 13.6. The van der Waals surface area contributed by atoms with Crippen LogP contribution in [0.1, 0.15) is 42.9 Å². The predicted molar refractivity (Wildman–Crippen MR) is 108 cm³/mol. The van der Waals surface area contributed by atoms with Gasteiger partial charge in [-0.2, -0.15) is 5.10 Å². The van der Waals surface area contributed by atoms with Gasteiger partial charge in [-0.3, -0.25) is 9.89 Å². The van der Waals surface area contributed by atoms with Gasteiger partial charge in [0, 0.05) is 25.0 Å². The summed E-state index contributed by atoms with van der Waals surface area (Å²) in [4.78, 5) is 16.8. The molecule has 0 spiro atoms. The third kappa shape index (κ3) is 4.62. The number of piperidine rings is 2. The van der Waals surface area contributed by atoms with Gasteiger partial charge in [0.15, 0.2) is 0 Å². The van der Waals surface area contributed by atoms with Crippen molar-refractivity contribution in [2.24, 2.45) is 0 Å². The number of aromatic amines is 1. The highest BCUT2D eigenvalue weighted by molar-refractivity contribution is 5.78. The maximum atomic E-state index is 12.6. The maximum absolute atomic E-state index is 12.6. The molecule has 1 aromatic carbocycles. The number of aromatic nitrogens is 2. The number of amides is 1. The summed E-state index contributed by atoms with van der Waals surface area (Å²) in [5, 5.41) is 17.9. The summed E-state index contributed by atoms with van der Waals surface area (Å²) < 4.78 is 0. The molecule has 28 heavy (non-hydrogen) atoms. The molecule has 0 saturated carbocycles. The lowest BCUT2D eigenvalue weighted by molar-refractivity contribution is -0.139. The van der Waals surface area contributed by atoms with E-state index in [-0.39, 0.29) is 5.91 Å². The highest BCUT2D eigenvalue weighted by Gasteiger charge is 2.37. The van der Waals surface area contributed by atoms with E-state index < -0.39 is 5.60 Å². The molecule has 0 bridgehead atoms. The van der Waals surface area contributed by atoms with Gasteiger partial charge in [-0.1, -0.05) is 30.3 Å². The molecule has 2 fully saturated rings. The van der Waals surface area contributed by atoms with E-state index in [9.17, 15) is 9.90 Å². The molecule has 3 heterocycles. The van der Waals surface area contributed by atoms with Crippen molar-refractivity contribution >= 4 is 5.91 Å². The molecule has 0 radical (unpaired) electrons. The molecule has 1 unspecified atom stereocenters. The first-order valence-corrected chi connectivity index (χ1v) is 10.4. The second-order valence-electron chi connectivity index (χ2n) is 8.36. The lowest BCUT2D eigenvalue weighted by atomic mass is 9.87. The predicted octanol–water partition coefficient (Wildman–Crippen LogP) is 2.19. The average Bonchev–Trinajstić information content (AvgIpc) is 3.22.